The van der Waals surface area contributed by atoms with Crippen molar-refractivity contribution in [2.45, 2.75) is 25.7 Å². The monoisotopic (exact) mass is 330 g/mol. The molecule has 6 heteroatoms. The summed E-state index contributed by atoms with van der Waals surface area (Å²) in [6.07, 6.45) is 3.24. The van der Waals surface area contributed by atoms with Gasteiger partial charge < -0.3 is 14.7 Å². The van der Waals surface area contributed by atoms with E-state index in [9.17, 15) is 5.11 Å². The number of aliphatic hydroxyl groups excluding tert-OH is 1. The number of aromatic nitrogens is 2. The van der Waals surface area contributed by atoms with Crippen molar-refractivity contribution in [3.63, 3.8) is 0 Å². The topological polar surface area (TPSA) is 53.8 Å². The van der Waals surface area contributed by atoms with Crippen LogP contribution in [0.2, 0.25) is 0 Å². The lowest BCUT2D eigenvalue weighted by Crippen LogP contribution is -2.47. The maximum atomic E-state index is 10.2. The fraction of sp³-hybridized carbons (Fsp3) is 0.500. The van der Waals surface area contributed by atoms with Gasteiger partial charge in [-0.1, -0.05) is 12.1 Å². The number of fused-ring (bicyclic) bond motifs is 1. The van der Waals surface area contributed by atoms with Gasteiger partial charge in [-0.2, -0.15) is 5.10 Å². The summed E-state index contributed by atoms with van der Waals surface area (Å²) < 4.78 is 7.89. The molecule has 1 aromatic heterocycles. The van der Waals surface area contributed by atoms with Crippen LogP contribution in [0.3, 0.4) is 0 Å². The lowest BCUT2D eigenvalue weighted by atomic mass is 10.1. The van der Waals surface area contributed by atoms with Crippen LogP contribution in [0.5, 0.6) is 5.75 Å². The molecule has 0 saturated carbocycles. The zero-order valence-corrected chi connectivity index (χ0v) is 14.4. The Labute approximate surface area is 143 Å². The molecular weight excluding hydrogens is 304 g/mol. The average molecular weight is 330 g/mol. The lowest BCUT2D eigenvalue weighted by Gasteiger charge is -2.37. The van der Waals surface area contributed by atoms with Crippen LogP contribution in [-0.2, 0) is 6.54 Å². The first-order valence-electron chi connectivity index (χ1n) is 8.50. The molecule has 0 aliphatic carbocycles. The molecule has 2 atom stereocenters. The molecule has 0 radical (unpaired) electrons. The molecule has 2 heterocycles. The molecule has 2 aromatic rings. The van der Waals surface area contributed by atoms with Gasteiger partial charge in [0, 0.05) is 32.0 Å². The Morgan fingerprint density at radius 2 is 2.21 bits per heavy atom. The van der Waals surface area contributed by atoms with E-state index in [0.717, 1.165) is 31.1 Å². The maximum absolute atomic E-state index is 10.2. The van der Waals surface area contributed by atoms with Crippen LogP contribution in [0, 0.1) is 0 Å². The minimum Gasteiger partial charge on any atom is -0.485 e. The van der Waals surface area contributed by atoms with Crippen LogP contribution in [0.15, 0.2) is 42.7 Å². The largest absolute Gasteiger partial charge is 0.485 e. The predicted octanol–water partition coefficient (Wildman–Crippen LogP) is 1.46. The molecular formula is C18H26N4O2. The number of rotatable bonds is 7. The van der Waals surface area contributed by atoms with Crippen molar-refractivity contribution in [3.05, 3.63) is 42.7 Å². The lowest BCUT2D eigenvalue weighted by molar-refractivity contribution is 0.0805. The molecule has 1 aliphatic heterocycles. The van der Waals surface area contributed by atoms with Gasteiger partial charge >= 0.3 is 0 Å². The Morgan fingerprint density at radius 1 is 1.38 bits per heavy atom. The molecule has 1 aliphatic rings. The Balaban J connectivity index is 1.54. The SMILES string of the molecule is CCN1C[C@@H](CN(C)C[C@@H](O)Cn2cccn2)Oc2ccccc21. The van der Waals surface area contributed by atoms with Crippen molar-refractivity contribution in [1.82, 2.24) is 14.7 Å². The van der Waals surface area contributed by atoms with E-state index in [1.54, 1.807) is 10.9 Å². The highest BCUT2D eigenvalue weighted by Gasteiger charge is 2.25. The van der Waals surface area contributed by atoms with Crippen molar-refractivity contribution in [3.8, 4) is 5.75 Å². The van der Waals surface area contributed by atoms with Crippen LogP contribution < -0.4 is 9.64 Å². The second-order valence-corrected chi connectivity index (χ2v) is 6.35. The normalized spacial score (nSPS) is 18.3. The summed E-state index contributed by atoms with van der Waals surface area (Å²) in [5.74, 6) is 0.945. The van der Waals surface area contributed by atoms with Gasteiger partial charge in [0.2, 0.25) is 0 Å². The Bertz CT molecular complexity index is 632. The van der Waals surface area contributed by atoms with E-state index in [2.05, 4.69) is 27.9 Å². The smallest absolute Gasteiger partial charge is 0.143 e. The number of benzene rings is 1. The molecule has 0 unspecified atom stereocenters. The third-order valence-electron chi connectivity index (χ3n) is 4.30. The van der Waals surface area contributed by atoms with E-state index in [-0.39, 0.29) is 6.10 Å². The Kier molecular flexibility index (Phi) is 5.37. The standard InChI is InChI=1S/C18H26N4O2/c1-3-21-14-16(24-18-8-5-4-7-17(18)21)13-20(2)11-15(23)12-22-10-6-9-19-22/h4-10,15-16,23H,3,11-14H2,1-2H3/t15-,16-/m1/s1. The molecule has 130 valence electrons. The summed E-state index contributed by atoms with van der Waals surface area (Å²) in [6, 6.07) is 10.0. The van der Waals surface area contributed by atoms with Gasteiger partial charge in [0.1, 0.15) is 11.9 Å². The predicted molar refractivity (Wildman–Crippen MR) is 94.5 cm³/mol. The van der Waals surface area contributed by atoms with Gasteiger partial charge in [0.25, 0.3) is 0 Å². The zero-order chi connectivity index (χ0) is 16.9. The molecule has 24 heavy (non-hydrogen) atoms. The van der Waals surface area contributed by atoms with Crippen molar-refractivity contribution in [2.75, 3.05) is 38.1 Å². The number of para-hydroxylation sites is 2. The first-order valence-corrected chi connectivity index (χ1v) is 8.50. The van der Waals surface area contributed by atoms with Gasteiger partial charge in [0.15, 0.2) is 0 Å². The average Bonchev–Trinajstić information content (AvgIpc) is 3.06. The fourth-order valence-electron chi connectivity index (χ4n) is 3.24. The summed E-state index contributed by atoms with van der Waals surface area (Å²) >= 11 is 0. The van der Waals surface area contributed by atoms with Crippen molar-refractivity contribution in [1.29, 1.82) is 0 Å². The van der Waals surface area contributed by atoms with E-state index in [0.29, 0.717) is 13.1 Å². The highest BCUT2D eigenvalue weighted by atomic mass is 16.5. The highest BCUT2D eigenvalue weighted by molar-refractivity contribution is 5.60. The zero-order valence-electron chi connectivity index (χ0n) is 14.4. The Morgan fingerprint density at radius 3 is 2.96 bits per heavy atom. The fourth-order valence-corrected chi connectivity index (χ4v) is 3.24. The molecule has 3 rings (SSSR count). The molecule has 0 fully saturated rings. The van der Waals surface area contributed by atoms with E-state index >= 15 is 0 Å². The highest BCUT2D eigenvalue weighted by Crippen LogP contribution is 2.32. The van der Waals surface area contributed by atoms with Crippen LogP contribution in [0.25, 0.3) is 0 Å². The van der Waals surface area contributed by atoms with Gasteiger partial charge in [-0.15, -0.1) is 0 Å². The first-order chi connectivity index (χ1) is 11.7. The van der Waals surface area contributed by atoms with E-state index < -0.39 is 6.10 Å². The molecule has 6 nitrogen and oxygen atoms in total. The third kappa shape index (κ3) is 4.07. The van der Waals surface area contributed by atoms with Gasteiger partial charge in [-0.05, 0) is 32.2 Å². The van der Waals surface area contributed by atoms with E-state index in [1.165, 1.54) is 0 Å². The van der Waals surface area contributed by atoms with Crippen molar-refractivity contribution >= 4 is 5.69 Å². The van der Waals surface area contributed by atoms with Gasteiger partial charge in [0.05, 0.1) is 24.9 Å². The second kappa shape index (κ2) is 7.68. The number of aliphatic hydroxyl groups is 1. The van der Waals surface area contributed by atoms with Crippen molar-refractivity contribution < 1.29 is 9.84 Å². The number of likely N-dealkylation sites (N-methyl/N-ethyl adjacent to an activating group) is 2. The molecule has 0 spiro atoms. The number of ether oxygens (including phenoxy) is 1. The van der Waals surface area contributed by atoms with E-state index in [4.69, 9.17) is 4.74 Å². The van der Waals surface area contributed by atoms with E-state index in [1.807, 2.05) is 37.5 Å². The summed E-state index contributed by atoms with van der Waals surface area (Å²) in [4.78, 5) is 4.47. The maximum Gasteiger partial charge on any atom is 0.143 e. The van der Waals surface area contributed by atoms with Crippen LogP contribution >= 0.6 is 0 Å². The minimum atomic E-state index is -0.451. The van der Waals surface area contributed by atoms with Gasteiger partial charge in [-0.3, -0.25) is 9.58 Å². The summed E-state index contributed by atoms with van der Waals surface area (Å²) in [6.45, 7) is 5.87. The number of hydrogen-bond donors (Lipinski definition) is 1. The summed E-state index contributed by atoms with van der Waals surface area (Å²) in [7, 11) is 2.02. The third-order valence-corrected chi connectivity index (χ3v) is 4.30. The summed E-state index contributed by atoms with van der Waals surface area (Å²) in [5, 5.41) is 14.4. The number of anilines is 1. The molecule has 1 aromatic carbocycles. The second-order valence-electron chi connectivity index (χ2n) is 6.35. The summed E-state index contributed by atoms with van der Waals surface area (Å²) in [5.41, 5.74) is 1.16. The molecule has 0 bridgehead atoms. The minimum absolute atomic E-state index is 0.0988. The number of hydrogen-bond acceptors (Lipinski definition) is 5. The van der Waals surface area contributed by atoms with Crippen LogP contribution in [-0.4, -0.2) is 65.2 Å². The van der Waals surface area contributed by atoms with Crippen molar-refractivity contribution in [2.24, 2.45) is 0 Å². The number of nitrogens with zero attached hydrogens (tertiary/aromatic N) is 4. The van der Waals surface area contributed by atoms with Crippen LogP contribution in [0.1, 0.15) is 6.92 Å². The molecule has 0 amide bonds. The Hall–Kier alpha value is -2.05. The molecule has 0 saturated heterocycles. The quantitative estimate of drug-likeness (QED) is 0.833. The van der Waals surface area contributed by atoms with Gasteiger partial charge in [-0.25, -0.2) is 0 Å². The first kappa shape index (κ1) is 16.8. The van der Waals surface area contributed by atoms with Crippen LogP contribution in [0.4, 0.5) is 5.69 Å². The molecule has 1 N–H and O–H groups in total.